The molecule has 1 aliphatic rings. The first kappa shape index (κ1) is 13.1. The molecule has 1 aromatic carbocycles. The second-order valence-corrected chi connectivity index (χ2v) is 5.12. The van der Waals surface area contributed by atoms with E-state index in [4.69, 9.17) is 0 Å². The standard InChI is InChI=1S/C15H21NO2/c1-3-13-9-8-11(2)16(13)10-12-6-4-5-7-14(12)15(17)18/h4-7,11,13H,3,8-10H2,1-2H3,(H,17,18). The largest absolute Gasteiger partial charge is 0.478 e. The summed E-state index contributed by atoms with van der Waals surface area (Å²) in [5.41, 5.74) is 1.36. The predicted molar refractivity (Wildman–Crippen MR) is 71.7 cm³/mol. The molecule has 0 aliphatic carbocycles. The van der Waals surface area contributed by atoms with E-state index in [0.29, 0.717) is 17.6 Å². The van der Waals surface area contributed by atoms with Gasteiger partial charge in [0.1, 0.15) is 0 Å². The lowest BCUT2D eigenvalue weighted by atomic mass is 10.1. The Morgan fingerprint density at radius 1 is 1.39 bits per heavy atom. The monoisotopic (exact) mass is 247 g/mol. The first-order valence-corrected chi connectivity index (χ1v) is 6.70. The molecule has 0 aromatic heterocycles. The van der Waals surface area contributed by atoms with Gasteiger partial charge in [-0.1, -0.05) is 25.1 Å². The molecule has 1 aromatic rings. The Bertz CT molecular complexity index is 430. The number of hydrogen-bond donors (Lipinski definition) is 1. The zero-order valence-corrected chi connectivity index (χ0v) is 11.1. The topological polar surface area (TPSA) is 40.5 Å². The van der Waals surface area contributed by atoms with Gasteiger partial charge in [0.15, 0.2) is 0 Å². The van der Waals surface area contributed by atoms with Crippen LogP contribution < -0.4 is 0 Å². The van der Waals surface area contributed by atoms with Crippen molar-refractivity contribution < 1.29 is 9.90 Å². The summed E-state index contributed by atoms with van der Waals surface area (Å²) < 4.78 is 0. The highest BCUT2D eigenvalue weighted by Gasteiger charge is 2.29. The summed E-state index contributed by atoms with van der Waals surface area (Å²) in [4.78, 5) is 13.7. The van der Waals surface area contributed by atoms with E-state index >= 15 is 0 Å². The van der Waals surface area contributed by atoms with Gasteiger partial charge in [-0.05, 0) is 37.8 Å². The first-order valence-electron chi connectivity index (χ1n) is 6.70. The van der Waals surface area contributed by atoms with Crippen LogP contribution in [0.2, 0.25) is 0 Å². The molecule has 3 nitrogen and oxygen atoms in total. The third kappa shape index (κ3) is 2.56. The highest BCUT2D eigenvalue weighted by Crippen LogP contribution is 2.28. The van der Waals surface area contributed by atoms with Crippen molar-refractivity contribution in [3.8, 4) is 0 Å². The average Bonchev–Trinajstić information content (AvgIpc) is 2.71. The van der Waals surface area contributed by atoms with Gasteiger partial charge in [0.05, 0.1) is 5.56 Å². The van der Waals surface area contributed by atoms with E-state index in [1.165, 1.54) is 12.8 Å². The highest BCUT2D eigenvalue weighted by atomic mass is 16.4. The van der Waals surface area contributed by atoms with E-state index in [9.17, 15) is 9.90 Å². The summed E-state index contributed by atoms with van der Waals surface area (Å²) in [6.45, 7) is 5.19. The molecule has 0 saturated carbocycles. The Hall–Kier alpha value is -1.35. The van der Waals surface area contributed by atoms with Crippen molar-refractivity contribution in [1.29, 1.82) is 0 Å². The van der Waals surface area contributed by atoms with E-state index in [0.717, 1.165) is 18.5 Å². The van der Waals surface area contributed by atoms with Gasteiger partial charge in [0.2, 0.25) is 0 Å². The number of carboxylic acids is 1. The molecule has 1 fully saturated rings. The molecule has 1 heterocycles. The molecule has 2 rings (SSSR count). The quantitative estimate of drug-likeness (QED) is 0.888. The van der Waals surface area contributed by atoms with Crippen molar-refractivity contribution in [1.82, 2.24) is 4.90 Å². The minimum atomic E-state index is -0.828. The number of rotatable bonds is 4. The van der Waals surface area contributed by atoms with Gasteiger partial charge in [-0.25, -0.2) is 4.79 Å². The SMILES string of the molecule is CCC1CCC(C)N1Cc1ccccc1C(=O)O. The minimum absolute atomic E-state index is 0.437. The molecule has 1 N–H and O–H groups in total. The van der Waals surface area contributed by atoms with Gasteiger partial charge in [0, 0.05) is 18.6 Å². The highest BCUT2D eigenvalue weighted by molar-refractivity contribution is 5.89. The Kier molecular flexibility index (Phi) is 4.02. The fraction of sp³-hybridized carbons (Fsp3) is 0.533. The lowest BCUT2D eigenvalue weighted by Gasteiger charge is -2.28. The van der Waals surface area contributed by atoms with Crippen LogP contribution in [0.5, 0.6) is 0 Å². The summed E-state index contributed by atoms with van der Waals surface area (Å²) in [7, 11) is 0. The summed E-state index contributed by atoms with van der Waals surface area (Å²) in [6, 6.07) is 8.49. The maximum absolute atomic E-state index is 11.2. The molecule has 98 valence electrons. The molecular formula is C15H21NO2. The van der Waals surface area contributed by atoms with Gasteiger partial charge >= 0.3 is 5.97 Å². The normalized spacial score (nSPS) is 24.3. The van der Waals surface area contributed by atoms with Gasteiger partial charge < -0.3 is 5.11 Å². The molecule has 3 heteroatoms. The van der Waals surface area contributed by atoms with E-state index in [1.807, 2.05) is 12.1 Å². The number of carboxylic acid groups (broad SMARTS) is 1. The van der Waals surface area contributed by atoms with Crippen LogP contribution in [0.3, 0.4) is 0 Å². The Labute approximate surface area is 108 Å². The lowest BCUT2D eigenvalue weighted by molar-refractivity contribution is 0.0693. The Morgan fingerprint density at radius 2 is 2.11 bits per heavy atom. The molecule has 0 amide bonds. The van der Waals surface area contributed by atoms with Crippen molar-refractivity contribution in [3.63, 3.8) is 0 Å². The number of likely N-dealkylation sites (tertiary alicyclic amines) is 1. The molecule has 0 radical (unpaired) electrons. The van der Waals surface area contributed by atoms with Crippen LogP contribution in [0.4, 0.5) is 0 Å². The predicted octanol–water partition coefficient (Wildman–Crippen LogP) is 3.15. The van der Waals surface area contributed by atoms with Gasteiger partial charge in [-0.3, -0.25) is 4.90 Å². The van der Waals surface area contributed by atoms with Crippen LogP contribution in [0.25, 0.3) is 0 Å². The Morgan fingerprint density at radius 3 is 2.78 bits per heavy atom. The van der Waals surface area contributed by atoms with Crippen LogP contribution in [-0.4, -0.2) is 28.1 Å². The lowest BCUT2D eigenvalue weighted by Crippen LogP contribution is -2.34. The second-order valence-electron chi connectivity index (χ2n) is 5.12. The first-order chi connectivity index (χ1) is 8.63. The third-order valence-corrected chi connectivity index (χ3v) is 4.02. The maximum Gasteiger partial charge on any atom is 0.336 e. The minimum Gasteiger partial charge on any atom is -0.478 e. The molecule has 2 unspecified atom stereocenters. The van der Waals surface area contributed by atoms with Crippen molar-refractivity contribution in [2.24, 2.45) is 0 Å². The third-order valence-electron chi connectivity index (χ3n) is 4.02. The summed E-state index contributed by atoms with van der Waals surface area (Å²) in [5.74, 6) is -0.828. The van der Waals surface area contributed by atoms with Crippen LogP contribution >= 0.6 is 0 Å². The van der Waals surface area contributed by atoms with E-state index < -0.39 is 5.97 Å². The van der Waals surface area contributed by atoms with Gasteiger partial charge in [-0.2, -0.15) is 0 Å². The molecule has 1 saturated heterocycles. The van der Waals surface area contributed by atoms with Gasteiger partial charge in [0.25, 0.3) is 0 Å². The van der Waals surface area contributed by atoms with Crippen molar-refractivity contribution in [2.75, 3.05) is 0 Å². The number of carbonyl (C=O) groups is 1. The van der Waals surface area contributed by atoms with Crippen LogP contribution in [0.15, 0.2) is 24.3 Å². The fourth-order valence-corrected chi connectivity index (χ4v) is 2.91. The van der Waals surface area contributed by atoms with Crippen molar-refractivity contribution in [3.05, 3.63) is 35.4 Å². The second kappa shape index (κ2) is 5.53. The molecule has 2 atom stereocenters. The zero-order valence-electron chi connectivity index (χ0n) is 11.1. The zero-order chi connectivity index (χ0) is 13.1. The van der Waals surface area contributed by atoms with Crippen molar-refractivity contribution >= 4 is 5.97 Å². The van der Waals surface area contributed by atoms with Crippen LogP contribution in [-0.2, 0) is 6.54 Å². The van der Waals surface area contributed by atoms with Crippen molar-refractivity contribution in [2.45, 2.75) is 51.7 Å². The fourth-order valence-electron chi connectivity index (χ4n) is 2.91. The molecular weight excluding hydrogens is 226 g/mol. The summed E-state index contributed by atoms with van der Waals surface area (Å²) in [6.07, 6.45) is 3.58. The van der Waals surface area contributed by atoms with Gasteiger partial charge in [-0.15, -0.1) is 0 Å². The average molecular weight is 247 g/mol. The molecule has 1 aliphatic heterocycles. The summed E-state index contributed by atoms with van der Waals surface area (Å²) in [5, 5.41) is 9.21. The number of hydrogen-bond acceptors (Lipinski definition) is 2. The smallest absolute Gasteiger partial charge is 0.336 e. The van der Waals surface area contributed by atoms with E-state index in [-0.39, 0.29) is 0 Å². The molecule has 0 bridgehead atoms. The number of benzene rings is 1. The number of nitrogens with zero attached hydrogens (tertiary/aromatic N) is 1. The maximum atomic E-state index is 11.2. The van der Waals surface area contributed by atoms with E-state index in [2.05, 4.69) is 18.7 Å². The van der Waals surface area contributed by atoms with E-state index in [1.54, 1.807) is 12.1 Å². The van der Waals surface area contributed by atoms with Crippen LogP contribution in [0.1, 0.15) is 49.0 Å². The Balaban J connectivity index is 2.20. The molecule has 18 heavy (non-hydrogen) atoms. The molecule has 0 spiro atoms. The number of aromatic carboxylic acids is 1. The summed E-state index contributed by atoms with van der Waals surface area (Å²) >= 11 is 0. The van der Waals surface area contributed by atoms with Crippen LogP contribution in [0, 0.1) is 0 Å².